The first-order valence-corrected chi connectivity index (χ1v) is 13.3. The van der Waals surface area contributed by atoms with Gasteiger partial charge in [-0.2, -0.15) is 0 Å². The number of hydrogen-bond donors (Lipinski definition) is 0. The molecule has 0 aromatic heterocycles. The van der Waals surface area contributed by atoms with Crippen molar-refractivity contribution in [2.45, 2.75) is 90.3 Å². The molecule has 33 heavy (non-hydrogen) atoms. The van der Waals surface area contributed by atoms with E-state index in [1.54, 1.807) is 6.07 Å². The third kappa shape index (κ3) is 6.45. The lowest BCUT2D eigenvalue weighted by atomic mass is 9.77. The highest BCUT2D eigenvalue weighted by Gasteiger charge is 2.24. The molecule has 1 aliphatic heterocycles. The third-order valence-electron chi connectivity index (χ3n) is 7.68. The largest absolute Gasteiger partial charge is 0.348 e. The molecule has 2 aromatic carbocycles. The molecule has 2 aliphatic rings. The lowest BCUT2D eigenvalue weighted by Crippen LogP contribution is -2.26. The first kappa shape index (κ1) is 24.4. The Bertz CT molecular complexity index is 846. The molecule has 1 saturated heterocycles. The predicted molar refractivity (Wildman–Crippen MR) is 134 cm³/mol. The summed E-state index contributed by atoms with van der Waals surface area (Å²) in [6.07, 6.45) is 12.4. The van der Waals surface area contributed by atoms with Crippen LogP contribution in [0.4, 0.5) is 4.39 Å². The van der Waals surface area contributed by atoms with Crippen LogP contribution < -0.4 is 0 Å². The number of benzene rings is 2. The van der Waals surface area contributed by atoms with Crippen LogP contribution in [0, 0.1) is 17.7 Å². The molecule has 0 atom stereocenters. The lowest BCUT2D eigenvalue weighted by Gasteiger charge is -2.29. The van der Waals surface area contributed by atoms with E-state index >= 15 is 4.39 Å². The topological polar surface area (TPSA) is 18.5 Å². The highest BCUT2D eigenvalue weighted by atomic mass is 19.1. The minimum Gasteiger partial charge on any atom is -0.348 e. The van der Waals surface area contributed by atoms with Gasteiger partial charge in [-0.25, -0.2) is 4.39 Å². The van der Waals surface area contributed by atoms with Gasteiger partial charge in [0, 0.05) is 17.0 Å². The minimum atomic E-state index is -0.309. The molecule has 0 spiro atoms. The maximum Gasteiger partial charge on any atom is 0.183 e. The fourth-order valence-corrected chi connectivity index (χ4v) is 5.62. The zero-order chi connectivity index (χ0) is 23.0. The standard InChI is InChI=1S/C30H41FO2/c1-3-5-6-8-22-9-11-24(12-10-22)27-17-18-28(29(31)19-27)25-13-15-26(16-14-25)30-32-20-23(7-4-2)21-33-30/h13-19,22-24,30H,3-12,20-21H2,1-2H3/t22?,23-,24?,30-. The van der Waals surface area contributed by atoms with Gasteiger partial charge in [-0.1, -0.05) is 82.3 Å². The van der Waals surface area contributed by atoms with Crippen molar-refractivity contribution in [2.75, 3.05) is 13.2 Å². The van der Waals surface area contributed by atoms with Gasteiger partial charge in [-0.15, -0.1) is 0 Å². The van der Waals surface area contributed by atoms with E-state index in [4.69, 9.17) is 9.47 Å². The summed E-state index contributed by atoms with van der Waals surface area (Å²) in [6, 6.07) is 13.9. The normalized spacial score (nSPS) is 25.8. The van der Waals surface area contributed by atoms with Crippen LogP contribution in [0.5, 0.6) is 0 Å². The van der Waals surface area contributed by atoms with Crippen LogP contribution in [0.1, 0.15) is 101 Å². The van der Waals surface area contributed by atoms with Crippen molar-refractivity contribution in [3.05, 3.63) is 59.4 Å². The van der Waals surface area contributed by atoms with Gasteiger partial charge in [0.25, 0.3) is 0 Å². The molecule has 2 fully saturated rings. The molecule has 0 N–H and O–H groups in total. The van der Waals surface area contributed by atoms with Gasteiger partial charge in [0.1, 0.15) is 5.82 Å². The maximum absolute atomic E-state index is 15.1. The number of ether oxygens (including phenoxy) is 2. The van der Waals surface area contributed by atoms with Gasteiger partial charge >= 0.3 is 0 Å². The van der Waals surface area contributed by atoms with Crippen LogP contribution in [0.15, 0.2) is 42.5 Å². The summed E-state index contributed by atoms with van der Waals surface area (Å²) in [6.45, 7) is 5.95. The Kier molecular flexibility index (Phi) is 8.97. The van der Waals surface area contributed by atoms with Crippen LogP contribution in [-0.4, -0.2) is 13.2 Å². The van der Waals surface area contributed by atoms with Crippen LogP contribution in [0.3, 0.4) is 0 Å². The van der Waals surface area contributed by atoms with E-state index in [1.807, 2.05) is 30.3 Å². The quantitative estimate of drug-likeness (QED) is 0.354. The van der Waals surface area contributed by atoms with E-state index in [-0.39, 0.29) is 12.1 Å². The van der Waals surface area contributed by atoms with E-state index in [9.17, 15) is 0 Å². The van der Waals surface area contributed by atoms with Crippen molar-refractivity contribution in [1.29, 1.82) is 0 Å². The van der Waals surface area contributed by atoms with E-state index in [0.29, 0.717) is 17.4 Å². The van der Waals surface area contributed by atoms with E-state index < -0.39 is 0 Å². The average molecular weight is 453 g/mol. The fourth-order valence-electron chi connectivity index (χ4n) is 5.62. The Morgan fingerprint density at radius 2 is 1.45 bits per heavy atom. The van der Waals surface area contributed by atoms with Crippen molar-refractivity contribution in [3.8, 4) is 11.1 Å². The maximum atomic E-state index is 15.1. The molecule has 1 aliphatic carbocycles. The summed E-state index contributed by atoms with van der Waals surface area (Å²) in [5.74, 6) is 1.77. The van der Waals surface area contributed by atoms with Crippen LogP contribution >= 0.6 is 0 Å². The van der Waals surface area contributed by atoms with Gasteiger partial charge in [0.05, 0.1) is 13.2 Å². The zero-order valence-corrected chi connectivity index (χ0v) is 20.5. The molecule has 1 saturated carbocycles. The summed E-state index contributed by atoms with van der Waals surface area (Å²) >= 11 is 0. The summed E-state index contributed by atoms with van der Waals surface area (Å²) in [5, 5.41) is 0. The van der Waals surface area contributed by atoms with Crippen molar-refractivity contribution < 1.29 is 13.9 Å². The summed E-state index contributed by atoms with van der Waals surface area (Å²) in [7, 11) is 0. The second kappa shape index (κ2) is 12.1. The summed E-state index contributed by atoms with van der Waals surface area (Å²) in [4.78, 5) is 0. The van der Waals surface area contributed by atoms with Gasteiger partial charge in [-0.05, 0) is 61.1 Å². The number of halogens is 1. The van der Waals surface area contributed by atoms with E-state index in [1.165, 1.54) is 56.9 Å². The fraction of sp³-hybridized carbons (Fsp3) is 0.600. The molecule has 2 nitrogen and oxygen atoms in total. The Hall–Kier alpha value is -1.71. The monoisotopic (exact) mass is 452 g/mol. The van der Waals surface area contributed by atoms with Gasteiger partial charge < -0.3 is 9.47 Å². The number of unbranched alkanes of at least 4 members (excludes halogenated alkanes) is 2. The second-order valence-corrected chi connectivity index (χ2v) is 10.2. The van der Waals surface area contributed by atoms with Crippen molar-refractivity contribution >= 4 is 0 Å². The first-order chi connectivity index (χ1) is 16.2. The molecular formula is C30H41FO2. The number of hydrogen-bond acceptors (Lipinski definition) is 2. The van der Waals surface area contributed by atoms with Crippen molar-refractivity contribution in [3.63, 3.8) is 0 Å². The van der Waals surface area contributed by atoms with E-state index in [0.717, 1.165) is 43.1 Å². The first-order valence-electron chi connectivity index (χ1n) is 13.3. The Labute approximate surface area is 199 Å². The molecule has 0 bridgehead atoms. The molecule has 180 valence electrons. The molecule has 4 rings (SSSR count). The van der Waals surface area contributed by atoms with Gasteiger partial charge in [0.2, 0.25) is 0 Å². The molecule has 2 aromatic rings. The highest BCUT2D eigenvalue weighted by molar-refractivity contribution is 5.65. The van der Waals surface area contributed by atoms with Crippen LogP contribution in [0.25, 0.3) is 11.1 Å². The van der Waals surface area contributed by atoms with Crippen LogP contribution in [0.2, 0.25) is 0 Å². The highest BCUT2D eigenvalue weighted by Crippen LogP contribution is 2.39. The number of rotatable bonds is 9. The minimum absolute atomic E-state index is 0.113. The Morgan fingerprint density at radius 3 is 2.09 bits per heavy atom. The molecule has 3 heteroatoms. The smallest absolute Gasteiger partial charge is 0.183 e. The van der Waals surface area contributed by atoms with E-state index in [2.05, 4.69) is 19.9 Å². The summed E-state index contributed by atoms with van der Waals surface area (Å²) < 4.78 is 26.9. The second-order valence-electron chi connectivity index (χ2n) is 10.2. The van der Waals surface area contributed by atoms with Gasteiger partial charge in [0.15, 0.2) is 6.29 Å². The molecular weight excluding hydrogens is 411 g/mol. The van der Waals surface area contributed by atoms with Gasteiger partial charge in [-0.3, -0.25) is 0 Å². The lowest BCUT2D eigenvalue weighted by molar-refractivity contribution is -0.206. The Balaban J connectivity index is 1.34. The average Bonchev–Trinajstić information content (AvgIpc) is 2.85. The molecule has 0 radical (unpaired) electrons. The van der Waals surface area contributed by atoms with Crippen molar-refractivity contribution in [1.82, 2.24) is 0 Å². The molecule has 1 heterocycles. The zero-order valence-electron chi connectivity index (χ0n) is 20.5. The third-order valence-corrected chi connectivity index (χ3v) is 7.68. The Morgan fingerprint density at radius 1 is 0.758 bits per heavy atom. The van der Waals surface area contributed by atoms with Crippen LogP contribution in [-0.2, 0) is 9.47 Å². The SMILES string of the molecule is CCCCCC1CCC(c2ccc(-c3ccc([C@H]4OC[C@H](CCC)CO4)cc3)c(F)c2)CC1. The summed E-state index contributed by atoms with van der Waals surface area (Å²) in [5.41, 5.74) is 3.75. The molecule has 0 unspecified atom stereocenters. The van der Waals surface area contributed by atoms with Crippen molar-refractivity contribution in [2.24, 2.45) is 11.8 Å². The predicted octanol–water partition coefficient (Wildman–Crippen LogP) is 8.81. The molecule has 0 amide bonds.